The van der Waals surface area contributed by atoms with Crippen molar-refractivity contribution in [2.75, 3.05) is 0 Å². The van der Waals surface area contributed by atoms with E-state index in [2.05, 4.69) is 55.8 Å². The standard InChI is InChI=1S/C6H9BrIN3/c1-2-3-4-11-6(8)5(7)9-10-11/h2-4H2,1H3. The van der Waals surface area contributed by atoms with E-state index in [1.165, 1.54) is 6.42 Å². The van der Waals surface area contributed by atoms with Gasteiger partial charge in [-0.1, -0.05) is 18.6 Å². The van der Waals surface area contributed by atoms with Crippen LogP contribution < -0.4 is 0 Å². The van der Waals surface area contributed by atoms with Gasteiger partial charge in [0, 0.05) is 6.54 Å². The highest BCUT2D eigenvalue weighted by molar-refractivity contribution is 14.1. The second-order valence-corrected chi connectivity index (χ2v) is 4.02. The zero-order chi connectivity index (χ0) is 8.27. The van der Waals surface area contributed by atoms with Crippen molar-refractivity contribution in [3.63, 3.8) is 0 Å². The third kappa shape index (κ3) is 2.40. The van der Waals surface area contributed by atoms with Gasteiger partial charge >= 0.3 is 0 Å². The van der Waals surface area contributed by atoms with Crippen LogP contribution in [0.4, 0.5) is 0 Å². The third-order valence-corrected chi connectivity index (χ3v) is 3.70. The Labute approximate surface area is 87.8 Å². The van der Waals surface area contributed by atoms with Crippen LogP contribution in [0.3, 0.4) is 0 Å². The normalized spacial score (nSPS) is 10.5. The molecule has 0 amide bonds. The van der Waals surface area contributed by atoms with Crippen LogP contribution in [-0.4, -0.2) is 15.0 Å². The molecular formula is C6H9BrIN3. The van der Waals surface area contributed by atoms with Gasteiger partial charge in [-0.2, -0.15) is 0 Å². The Bertz CT molecular complexity index is 236. The maximum atomic E-state index is 3.97. The van der Waals surface area contributed by atoms with E-state index < -0.39 is 0 Å². The molecular weight excluding hydrogens is 321 g/mol. The average molecular weight is 330 g/mol. The van der Waals surface area contributed by atoms with Gasteiger partial charge in [0.2, 0.25) is 0 Å². The smallest absolute Gasteiger partial charge is 0.161 e. The van der Waals surface area contributed by atoms with Gasteiger partial charge in [0.05, 0.1) is 0 Å². The highest BCUT2D eigenvalue weighted by atomic mass is 127. The molecule has 0 unspecified atom stereocenters. The van der Waals surface area contributed by atoms with Crippen LogP contribution in [0.25, 0.3) is 0 Å². The molecule has 1 heterocycles. The molecule has 11 heavy (non-hydrogen) atoms. The first kappa shape index (κ1) is 9.44. The maximum absolute atomic E-state index is 3.97. The van der Waals surface area contributed by atoms with Crippen LogP contribution in [0.1, 0.15) is 19.8 Å². The molecule has 1 rings (SSSR count). The first-order chi connectivity index (χ1) is 5.25. The maximum Gasteiger partial charge on any atom is 0.161 e. The molecule has 0 bridgehead atoms. The first-order valence-corrected chi connectivity index (χ1v) is 5.37. The number of hydrogen-bond acceptors (Lipinski definition) is 2. The van der Waals surface area contributed by atoms with Crippen molar-refractivity contribution in [3.8, 4) is 0 Å². The van der Waals surface area contributed by atoms with Crippen LogP contribution in [0, 0.1) is 3.70 Å². The first-order valence-electron chi connectivity index (χ1n) is 3.50. The summed E-state index contributed by atoms with van der Waals surface area (Å²) in [5.41, 5.74) is 0. The topological polar surface area (TPSA) is 30.7 Å². The molecule has 0 saturated carbocycles. The fourth-order valence-corrected chi connectivity index (χ4v) is 1.45. The molecule has 0 aromatic carbocycles. The molecule has 0 aliphatic rings. The number of halogens is 2. The molecule has 0 fully saturated rings. The van der Waals surface area contributed by atoms with Crippen LogP contribution in [0.5, 0.6) is 0 Å². The lowest BCUT2D eigenvalue weighted by molar-refractivity contribution is 0.543. The van der Waals surface area contributed by atoms with E-state index >= 15 is 0 Å². The minimum atomic E-state index is 0.842. The van der Waals surface area contributed by atoms with Gasteiger partial charge in [-0.05, 0) is 44.9 Å². The largest absolute Gasteiger partial charge is 0.238 e. The summed E-state index contributed by atoms with van der Waals surface area (Å²) in [6.45, 7) is 3.13. The minimum Gasteiger partial charge on any atom is -0.238 e. The van der Waals surface area contributed by atoms with E-state index in [4.69, 9.17) is 0 Å². The van der Waals surface area contributed by atoms with Crippen LogP contribution in [0.15, 0.2) is 4.60 Å². The van der Waals surface area contributed by atoms with Gasteiger partial charge in [-0.3, -0.25) is 0 Å². The van der Waals surface area contributed by atoms with Crippen molar-refractivity contribution in [1.82, 2.24) is 15.0 Å². The van der Waals surface area contributed by atoms with Crippen molar-refractivity contribution in [3.05, 3.63) is 8.30 Å². The lowest BCUT2D eigenvalue weighted by Gasteiger charge is -1.98. The SMILES string of the molecule is CCCCn1nnc(Br)c1I. The summed E-state index contributed by atoms with van der Waals surface area (Å²) >= 11 is 5.54. The second kappa shape index (κ2) is 4.39. The third-order valence-electron chi connectivity index (χ3n) is 1.36. The van der Waals surface area contributed by atoms with Crippen molar-refractivity contribution >= 4 is 38.5 Å². The Morgan fingerprint density at radius 1 is 1.64 bits per heavy atom. The molecule has 0 N–H and O–H groups in total. The Morgan fingerprint density at radius 3 is 2.82 bits per heavy atom. The van der Waals surface area contributed by atoms with Crippen LogP contribution in [0.2, 0.25) is 0 Å². The molecule has 0 spiro atoms. The molecule has 0 atom stereocenters. The predicted molar refractivity (Wildman–Crippen MR) is 55.3 cm³/mol. The number of aromatic nitrogens is 3. The van der Waals surface area contributed by atoms with E-state index in [9.17, 15) is 0 Å². The molecule has 3 nitrogen and oxygen atoms in total. The summed E-state index contributed by atoms with van der Waals surface area (Å²) in [6, 6.07) is 0. The average Bonchev–Trinajstić information content (AvgIpc) is 2.31. The Morgan fingerprint density at radius 2 is 2.36 bits per heavy atom. The lowest BCUT2D eigenvalue weighted by Crippen LogP contribution is -2.01. The molecule has 0 saturated heterocycles. The summed E-state index contributed by atoms with van der Waals surface area (Å²) in [7, 11) is 0. The summed E-state index contributed by atoms with van der Waals surface area (Å²) in [5.74, 6) is 0. The number of hydrogen-bond donors (Lipinski definition) is 0. The van der Waals surface area contributed by atoms with Gasteiger partial charge in [-0.25, -0.2) is 4.68 Å². The number of nitrogens with zero attached hydrogens (tertiary/aromatic N) is 3. The fraction of sp³-hybridized carbons (Fsp3) is 0.667. The van der Waals surface area contributed by atoms with E-state index in [1.807, 2.05) is 4.68 Å². The predicted octanol–water partition coefficient (Wildman–Crippen LogP) is 2.45. The highest BCUT2D eigenvalue weighted by Gasteiger charge is 2.04. The van der Waals surface area contributed by atoms with Crippen molar-refractivity contribution < 1.29 is 0 Å². The van der Waals surface area contributed by atoms with E-state index in [-0.39, 0.29) is 0 Å². The Kier molecular flexibility index (Phi) is 3.77. The highest BCUT2D eigenvalue weighted by Crippen LogP contribution is 2.15. The molecule has 0 aliphatic heterocycles. The number of rotatable bonds is 3. The summed E-state index contributed by atoms with van der Waals surface area (Å²) in [5, 5.41) is 7.86. The fourth-order valence-electron chi connectivity index (χ4n) is 0.731. The molecule has 62 valence electrons. The minimum absolute atomic E-state index is 0.842. The molecule has 1 aromatic rings. The van der Waals surface area contributed by atoms with E-state index in [0.717, 1.165) is 21.3 Å². The Hall–Kier alpha value is 0.350. The van der Waals surface area contributed by atoms with Crippen LogP contribution in [-0.2, 0) is 6.54 Å². The zero-order valence-electron chi connectivity index (χ0n) is 6.22. The van der Waals surface area contributed by atoms with Crippen molar-refractivity contribution in [1.29, 1.82) is 0 Å². The second-order valence-electron chi connectivity index (χ2n) is 2.25. The van der Waals surface area contributed by atoms with Gasteiger partial charge < -0.3 is 0 Å². The van der Waals surface area contributed by atoms with E-state index in [0.29, 0.717) is 0 Å². The summed E-state index contributed by atoms with van der Waals surface area (Å²) in [6.07, 6.45) is 2.35. The summed E-state index contributed by atoms with van der Waals surface area (Å²) < 4.78 is 3.83. The van der Waals surface area contributed by atoms with Gasteiger partial charge in [0.15, 0.2) is 4.60 Å². The Balaban J connectivity index is 2.63. The van der Waals surface area contributed by atoms with Gasteiger partial charge in [0.25, 0.3) is 0 Å². The number of unbranched alkanes of at least 4 members (excludes halogenated alkanes) is 1. The molecule has 1 aromatic heterocycles. The summed E-state index contributed by atoms with van der Waals surface area (Å²) in [4.78, 5) is 0. The van der Waals surface area contributed by atoms with Crippen molar-refractivity contribution in [2.24, 2.45) is 0 Å². The van der Waals surface area contributed by atoms with Crippen molar-refractivity contribution in [2.45, 2.75) is 26.3 Å². The van der Waals surface area contributed by atoms with Gasteiger partial charge in [0.1, 0.15) is 3.70 Å². The molecule has 0 aliphatic carbocycles. The van der Waals surface area contributed by atoms with E-state index in [1.54, 1.807) is 0 Å². The quantitative estimate of drug-likeness (QED) is 0.797. The molecule has 5 heteroatoms. The zero-order valence-corrected chi connectivity index (χ0v) is 9.96. The van der Waals surface area contributed by atoms with Crippen LogP contribution >= 0.6 is 38.5 Å². The molecule has 0 radical (unpaired) electrons. The van der Waals surface area contributed by atoms with Gasteiger partial charge in [-0.15, -0.1) is 5.10 Å². The monoisotopic (exact) mass is 329 g/mol. The number of aryl methyl sites for hydroxylation is 1. The lowest BCUT2D eigenvalue weighted by atomic mass is 10.3.